The first kappa shape index (κ1) is 19.7. The van der Waals surface area contributed by atoms with Crippen LogP contribution in [0.4, 0.5) is 0 Å². The van der Waals surface area contributed by atoms with Gasteiger partial charge in [0.1, 0.15) is 11.5 Å². The van der Waals surface area contributed by atoms with Crippen LogP contribution >= 0.6 is 0 Å². The number of benzene rings is 2. The normalized spacial score (nSPS) is 18.2. The Labute approximate surface area is 163 Å². The molecule has 0 saturated heterocycles. The maximum Gasteiger partial charge on any atom is 0.365 e. The van der Waals surface area contributed by atoms with Crippen molar-refractivity contribution in [2.45, 2.75) is 32.2 Å². The standard InChI is InChI=1S/C21H23NO6/c1-13(2)28-20(24)21(25)18-16(10-15(26-3)11-17(18)27-4)19(23)22(21)12-14-8-6-5-7-9-14/h5-11,13,25H,12H2,1-4H3/t21-/m0/s1. The highest BCUT2D eigenvalue weighted by Gasteiger charge is 2.57. The number of methoxy groups -OCH3 is 2. The van der Waals surface area contributed by atoms with E-state index in [2.05, 4.69) is 0 Å². The second-order valence-corrected chi connectivity index (χ2v) is 6.76. The molecule has 0 saturated carbocycles. The van der Waals surface area contributed by atoms with Gasteiger partial charge >= 0.3 is 5.97 Å². The third-order valence-electron chi connectivity index (χ3n) is 4.56. The minimum Gasteiger partial charge on any atom is -0.497 e. The number of rotatable bonds is 6. The largest absolute Gasteiger partial charge is 0.497 e. The molecule has 1 aliphatic heterocycles. The lowest BCUT2D eigenvalue weighted by molar-refractivity contribution is -0.189. The zero-order valence-electron chi connectivity index (χ0n) is 16.3. The molecule has 2 aromatic rings. The predicted octanol–water partition coefficient (Wildman–Crippen LogP) is 2.46. The maximum atomic E-state index is 13.2. The number of ether oxygens (including phenoxy) is 3. The summed E-state index contributed by atoms with van der Waals surface area (Å²) in [7, 11) is 2.86. The Morgan fingerprint density at radius 2 is 1.82 bits per heavy atom. The van der Waals surface area contributed by atoms with Gasteiger partial charge in [0, 0.05) is 12.6 Å². The Hall–Kier alpha value is -3.06. The quantitative estimate of drug-likeness (QED) is 0.769. The van der Waals surface area contributed by atoms with Crippen molar-refractivity contribution in [2.75, 3.05) is 14.2 Å². The van der Waals surface area contributed by atoms with E-state index in [0.717, 1.165) is 10.5 Å². The van der Waals surface area contributed by atoms with Crippen LogP contribution in [0, 0.1) is 0 Å². The molecule has 148 valence electrons. The Kier molecular flexibility index (Phi) is 5.29. The molecule has 0 fully saturated rings. The highest BCUT2D eigenvalue weighted by Crippen LogP contribution is 2.46. The van der Waals surface area contributed by atoms with Gasteiger partial charge in [0.15, 0.2) is 0 Å². The first-order valence-electron chi connectivity index (χ1n) is 8.88. The molecule has 28 heavy (non-hydrogen) atoms. The number of fused-ring (bicyclic) bond motifs is 1. The van der Waals surface area contributed by atoms with Gasteiger partial charge in [-0.25, -0.2) is 4.79 Å². The molecule has 3 rings (SSSR count). The van der Waals surface area contributed by atoms with Crippen LogP contribution in [0.1, 0.15) is 35.3 Å². The SMILES string of the molecule is COc1cc(OC)c2c(c1)C(=O)N(Cc1ccccc1)[C@@]2(O)C(=O)OC(C)C. The first-order valence-corrected chi connectivity index (χ1v) is 8.88. The summed E-state index contributed by atoms with van der Waals surface area (Å²) < 4.78 is 15.9. The minimum atomic E-state index is -2.32. The number of esters is 1. The molecule has 0 aromatic heterocycles. The van der Waals surface area contributed by atoms with E-state index >= 15 is 0 Å². The molecule has 1 heterocycles. The van der Waals surface area contributed by atoms with E-state index < -0.39 is 23.7 Å². The smallest absolute Gasteiger partial charge is 0.365 e. The van der Waals surface area contributed by atoms with E-state index in [1.165, 1.54) is 26.4 Å². The van der Waals surface area contributed by atoms with Crippen LogP contribution < -0.4 is 9.47 Å². The van der Waals surface area contributed by atoms with Gasteiger partial charge in [-0.05, 0) is 25.5 Å². The van der Waals surface area contributed by atoms with Crippen molar-refractivity contribution in [2.24, 2.45) is 0 Å². The lowest BCUT2D eigenvalue weighted by Crippen LogP contribution is -2.50. The average molecular weight is 385 g/mol. The van der Waals surface area contributed by atoms with Crippen molar-refractivity contribution in [3.63, 3.8) is 0 Å². The van der Waals surface area contributed by atoms with Crippen molar-refractivity contribution in [1.82, 2.24) is 4.90 Å². The van der Waals surface area contributed by atoms with E-state index in [1.54, 1.807) is 13.8 Å². The zero-order chi connectivity index (χ0) is 20.5. The fourth-order valence-electron chi connectivity index (χ4n) is 3.29. The molecular weight excluding hydrogens is 362 g/mol. The minimum absolute atomic E-state index is 0.0174. The van der Waals surface area contributed by atoms with Crippen LogP contribution in [0.2, 0.25) is 0 Å². The maximum absolute atomic E-state index is 13.2. The van der Waals surface area contributed by atoms with Crippen LogP contribution in [0.15, 0.2) is 42.5 Å². The number of hydrogen-bond donors (Lipinski definition) is 1. The number of hydrogen-bond acceptors (Lipinski definition) is 6. The molecule has 0 unspecified atom stereocenters. The first-order chi connectivity index (χ1) is 13.3. The number of aliphatic hydroxyl groups is 1. The molecule has 1 aliphatic rings. The van der Waals surface area contributed by atoms with Crippen LogP contribution in [0.3, 0.4) is 0 Å². The van der Waals surface area contributed by atoms with Crippen LogP contribution in [-0.2, 0) is 21.8 Å². The molecule has 0 bridgehead atoms. The Balaban J connectivity index is 2.18. The Bertz CT molecular complexity index is 895. The van der Waals surface area contributed by atoms with Crippen LogP contribution in [0.25, 0.3) is 0 Å². The summed E-state index contributed by atoms with van der Waals surface area (Å²) in [6, 6.07) is 12.1. The van der Waals surface area contributed by atoms with Gasteiger partial charge in [0.05, 0.1) is 31.5 Å². The van der Waals surface area contributed by atoms with E-state index in [0.29, 0.717) is 5.75 Å². The van der Waals surface area contributed by atoms with Crippen molar-refractivity contribution in [3.05, 3.63) is 59.2 Å². The fraction of sp³-hybridized carbons (Fsp3) is 0.333. The highest BCUT2D eigenvalue weighted by molar-refractivity contribution is 6.06. The van der Waals surface area contributed by atoms with E-state index in [1.807, 2.05) is 30.3 Å². The highest BCUT2D eigenvalue weighted by atomic mass is 16.6. The molecule has 2 aromatic carbocycles. The molecule has 0 spiro atoms. The van der Waals surface area contributed by atoms with Gasteiger partial charge in [-0.2, -0.15) is 0 Å². The summed E-state index contributed by atoms with van der Waals surface area (Å²) in [5, 5.41) is 11.5. The molecule has 7 nitrogen and oxygen atoms in total. The summed E-state index contributed by atoms with van der Waals surface area (Å²) in [4.78, 5) is 27.2. The second-order valence-electron chi connectivity index (χ2n) is 6.76. The van der Waals surface area contributed by atoms with Gasteiger partial charge in [-0.1, -0.05) is 30.3 Å². The molecule has 1 atom stereocenters. The number of nitrogens with zero attached hydrogens (tertiary/aromatic N) is 1. The van der Waals surface area contributed by atoms with Gasteiger partial charge < -0.3 is 19.3 Å². The number of carbonyl (C=O) groups excluding carboxylic acids is 2. The van der Waals surface area contributed by atoms with E-state index in [4.69, 9.17) is 14.2 Å². The third-order valence-corrected chi connectivity index (χ3v) is 4.56. The predicted molar refractivity (Wildman–Crippen MR) is 101 cm³/mol. The molecule has 1 amide bonds. The van der Waals surface area contributed by atoms with E-state index in [-0.39, 0.29) is 23.4 Å². The van der Waals surface area contributed by atoms with Crippen LogP contribution in [0.5, 0.6) is 11.5 Å². The summed E-state index contributed by atoms with van der Waals surface area (Å²) in [6.45, 7) is 3.36. The van der Waals surface area contributed by atoms with Crippen molar-refractivity contribution < 1.29 is 28.9 Å². The number of carbonyl (C=O) groups is 2. The number of amides is 1. The van der Waals surface area contributed by atoms with Crippen molar-refractivity contribution >= 4 is 11.9 Å². The van der Waals surface area contributed by atoms with Crippen molar-refractivity contribution in [1.29, 1.82) is 0 Å². The van der Waals surface area contributed by atoms with E-state index in [9.17, 15) is 14.7 Å². The fourth-order valence-corrected chi connectivity index (χ4v) is 3.29. The second kappa shape index (κ2) is 7.52. The summed E-state index contributed by atoms with van der Waals surface area (Å²) in [6.07, 6.45) is -0.474. The molecule has 1 N–H and O–H groups in total. The molecule has 0 aliphatic carbocycles. The summed E-state index contributed by atoms with van der Waals surface area (Å²) in [5.74, 6) is -0.903. The third kappa shape index (κ3) is 3.18. The lowest BCUT2D eigenvalue weighted by atomic mass is 9.99. The summed E-state index contributed by atoms with van der Waals surface area (Å²) >= 11 is 0. The lowest BCUT2D eigenvalue weighted by Gasteiger charge is -2.33. The monoisotopic (exact) mass is 385 g/mol. The van der Waals surface area contributed by atoms with Gasteiger partial charge in [-0.3, -0.25) is 9.69 Å². The topological polar surface area (TPSA) is 85.3 Å². The van der Waals surface area contributed by atoms with Gasteiger partial charge in [0.25, 0.3) is 11.6 Å². The molecule has 0 radical (unpaired) electrons. The molecular formula is C21H23NO6. The van der Waals surface area contributed by atoms with Crippen molar-refractivity contribution in [3.8, 4) is 11.5 Å². The Morgan fingerprint density at radius 3 is 2.39 bits per heavy atom. The van der Waals surface area contributed by atoms with Crippen LogP contribution in [-0.4, -0.2) is 42.2 Å². The van der Waals surface area contributed by atoms with Gasteiger partial charge in [-0.15, -0.1) is 0 Å². The average Bonchev–Trinajstić information content (AvgIpc) is 2.90. The van der Waals surface area contributed by atoms with Gasteiger partial charge in [0.2, 0.25) is 0 Å². The molecule has 7 heteroatoms. The summed E-state index contributed by atoms with van der Waals surface area (Å²) in [5.41, 5.74) is -1.37. The zero-order valence-corrected chi connectivity index (χ0v) is 16.3. The Morgan fingerprint density at radius 1 is 1.14 bits per heavy atom.